The zero-order valence-corrected chi connectivity index (χ0v) is 15.5. The van der Waals surface area contributed by atoms with Gasteiger partial charge in [-0.1, -0.05) is 27.2 Å². The summed E-state index contributed by atoms with van der Waals surface area (Å²) in [6.07, 6.45) is 1.66. The zero-order chi connectivity index (χ0) is 16.9. The summed E-state index contributed by atoms with van der Waals surface area (Å²) < 4.78 is 6.23. The van der Waals surface area contributed by atoms with Crippen LogP contribution in [-0.4, -0.2) is 16.0 Å². The maximum Gasteiger partial charge on any atom is 0.226 e. The lowest BCUT2D eigenvalue weighted by Gasteiger charge is -2.08. The van der Waals surface area contributed by atoms with Gasteiger partial charge in [-0.25, -0.2) is 0 Å². The van der Waals surface area contributed by atoms with Crippen LogP contribution in [0.2, 0.25) is 0 Å². The van der Waals surface area contributed by atoms with Crippen LogP contribution in [0.25, 0.3) is 10.7 Å². The number of thiophene rings is 1. The number of anilines is 1. The highest BCUT2D eigenvalue weighted by atomic mass is 79.9. The molecule has 0 saturated heterocycles. The van der Waals surface area contributed by atoms with Crippen LogP contribution in [0.3, 0.4) is 0 Å². The van der Waals surface area contributed by atoms with E-state index in [4.69, 9.17) is 4.52 Å². The van der Waals surface area contributed by atoms with Crippen molar-refractivity contribution in [3.05, 3.63) is 51.6 Å². The van der Waals surface area contributed by atoms with Crippen LogP contribution < -0.4 is 5.32 Å². The molecule has 1 amide bonds. The first-order chi connectivity index (χ1) is 11.6. The van der Waals surface area contributed by atoms with Crippen LogP contribution in [0.1, 0.15) is 24.3 Å². The predicted octanol–water partition coefficient (Wildman–Crippen LogP) is 4.83. The van der Waals surface area contributed by atoms with Crippen molar-refractivity contribution >= 4 is 38.9 Å². The quantitative estimate of drug-likeness (QED) is 0.637. The number of hydrogen-bond acceptors (Lipinski definition) is 5. The molecule has 7 heteroatoms. The Hall–Kier alpha value is -1.99. The van der Waals surface area contributed by atoms with Gasteiger partial charge in [0, 0.05) is 23.0 Å². The molecule has 24 heavy (non-hydrogen) atoms. The van der Waals surface area contributed by atoms with E-state index < -0.39 is 0 Å². The third kappa shape index (κ3) is 4.30. The van der Waals surface area contributed by atoms with Crippen molar-refractivity contribution < 1.29 is 9.32 Å². The molecule has 3 aromatic rings. The van der Waals surface area contributed by atoms with E-state index in [1.165, 1.54) is 0 Å². The number of hydrogen-bond donors (Lipinski definition) is 1. The lowest BCUT2D eigenvalue weighted by Crippen LogP contribution is -2.12. The number of benzene rings is 1. The second kappa shape index (κ2) is 7.72. The summed E-state index contributed by atoms with van der Waals surface area (Å²) in [5.74, 6) is 1.15. The predicted molar refractivity (Wildman–Crippen MR) is 98.1 cm³/mol. The minimum absolute atomic E-state index is 0.0154. The fourth-order valence-corrected chi connectivity index (χ4v) is 3.37. The number of amides is 1. The van der Waals surface area contributed by atoms with E-state index in [0.717, 1.165) is 20.6 Å². The molecule has 1 aromatic carbocycles. The Kier molecular flexibility index (Phi) is 5.42. The second-order valence-corrected chi connectivity index (χ2v) is 7.21. The Bertz CT molecular complexity index is 830. The molecule has 1 N–H and O–H groups in total. The van der Waals surface area contributed by atoms with Gasteiger partial charge >= 0.3 is 0 Å². The monoisotopic (exact) mass is 405 g/mol. The summed E-state index contributed by atoms with van der Waals surface area (Å²) in [5, 5.41) is 8.86. The molecular weight excluding hydrogens is 390 g/mol. The summed E-state index contributed by atoms with van der Waals surface area (Å²) in [7, 11) is 0. The van der Waals surface area contributed by atoms with E-state index in [0.29, 0.717) is 31.0 Å². The van der Waals surface area contributed by atoms with Crippen LogP contribution in [0, 0.1) is 6.92 Å². The Balaban J connectivity index is 1.48. The molecule has 0 unspecified atom stereocenters. The van der Waals surface area contributed by atoms with E-state index in [2.05, 4.69) is 31.4 Å². The molecule has 0 aliphatic carbocycles. The van der Waals surface area contributed by atoms with Crippen LogP contribution in [0.4, 0.5) is 5.69 Å². The average Bonchev–Trinajstić information content (AvgIpc) is 3.21. The molecule has 2 heterocycles. The third-order valence-corrected chi connectivity index (χ3v) is 4.83. The number of aromatic nitrogens is 2. The molecular formula is C17H16BrN3O2S. The van der Waals surface area contributed by atoms with Crippen LogP contribution in [0.5, 0.6) is 0 Å². The Labute approximate surface area is 152 Å². The molecule has 0 spiro atoms. The third-order valence-electron chi connectivity index (χ3n) is 3.47. The van der Waals surface area contributed by atoms with E-state index in [9.17, 15) is 4.79 Å². The Morgan fingerprint density at radius 3 is 3.00 bits per heavy atom. The maximum absolute atomic E-state index is 12.0. The fourth-order valence-electron chi connectivity index (χ4n) is 2.24. The topological polar surface area (TPSA) is 68.0 Å². The van der Waals surface area contributed by atoms with Gasteiger partial charge in [0.25, 0.3) is 0 Å². The number of rotatable bonds is 6. The number of aryl methyl sites for hydroxylation is 2. The van der Waals surface area contributed by atoms with Gasteiger partial charge in [0.2, 0.25) is 17.6 Å². The van der Waals surface area contributed by atoms with E-state index in [-0.39, 0.29) is 5.91 Å². The largest absolute Gasteiger partial charge is 0.339 e. The SMILES string of the molecule is Cc1cc(Br)ccc1NC(=O)CCCc1nc(-c2cccs2)no1. The molecule has 3 rings (SSSR count). The highest BCUT2D eigenvalue weighted by Crippen LogP contribution is 2.22. The zero-order valence-electron chi connectivity index (χ0n) is 13.1. The van der Waals surface area contributed by atoms with Gasteiger partial charge in [0.15, 0.2) is 0 Å². The molecule has 0 saturated carbocycles. The lowest BCUT2D eigenvalue weighted by atomic mass is 10.2. The minimum atomic E-state index is -0.0154. The van der Waals surface area contributed by atoms with Gasteiger partial charge in [-0.2, -0.15) is 4.98 Å². The highest BCUT2D eigenvalue weighted by Gasteiger charge is 2.10. The molecule has 0 fully saturated rings. The van der Waals surface area contributed by atoms with Crippen molar-refractivity contribution in [1.82, 2.24) is 10.1 Å². The van der Waals surface area contributed by atoms with Crippen molar-refractivity contribution in [2.75, 3.05) is 5.32 Å². The molecule has 2 aromatic heterocycles. The number of nitrogens with one attached hydrogen (secondary N) is 1. The normalized spacial score (nSPS) is 10.8. The molecule has 5 nitrogen and oxygen atoms in total. The van der Waals surface area contributed by atoms with Gasteiger partial charge < -0.3 is 9.84 Å². The number of carbonyl (C=O) groups excluding carboxylic acids is 1. The Morgan fingerprint density at radius 1 is 1.38 bits per heavy atom. The van der Waals surface area contributed by atoms with Crippen LogP contribution >= 0.6 is 27.3 Å². The number of carbonyl (C=O) groups is 1. The first-order valence-corrected chi connectivity index (χ1v) is 9.21. The minimum Gasteiger partial charge on any atom is -0.339 e. The van der Waals surface area contributed by atoms with Crippen LogP contribution in [0.15, 0.2) is 44.7 Å². The first-order valence-electron chi connectivity index (χ1n) is 7.54. The summed E-state index contributed by atoms with van der Waals surface area (Å²) in [5.41, 5.74) is 1.86. The van der Waals surface area contributed by atoms with E-state index in [1.807, 2.05) is 42.6 Å². The summed E-state index contributed by atoms with van der Waals surface area (Å²) >= 11 is 4.98. The number of halogens is 1. The molecule has 0 aliphatic rings. The number of nitrogens with zero attached hydrogens (tertiary/aromatic N) is 2. The molecule has 0 radical (unpaired) electrons. The first kappa shape index (κ1) is 16.9. The molecule has 0 atom stereocenters. The lowest BCUT2D eigenvalue weighted by molar-refractivity contribution is -0.116. The highest BCUT2D eigenvalue weighted by molar-refractivity contribution is 9.10. The van der Waals surface area contributed by atoms with E-state index >= 15 is 0 Å². The van der Waals surface area contributed by atoms with Crippen molar-refractivity contribution in [2.45, 2.75) is 26.2 Å². The molecule has 124 valence electrons. The summed E-state index contributed by atoms with van der Waals surface area (Å²) in [6, 6.07) is 9.67. The standard InChI is InChI=1S/C17H16BrN3O2S/c1-11-10-12(18)7-8-13(11)19-15(22)5-2-6-16-20-17(21-23-16)14-4-3-9-24-14/h3-4,7-10H,2,5-6H2,1H3,(H,19,22). The van der Waals surface area contributed by atoms with E-state index in [1.54, 1.807) is 11.3 Å². The smallest absolute Gasteiger partial charge is 0.226 e. The van der Waals surface area contributed by atoms with Gasteiger partial charge in [-0.3, -0.25) is 4.79 Å². The van der Waals surface area contributed by atoms with Gasteiger partial charge in [0.05, 0.1) is 4.88 Å². The van der Waals surface area contributed by atoms with Crippen molar-refractivity contribution in [3.8, 4) is 10.7 Å². The van der Waals surface area contributed by atoms with Gasteiger partial charge in [-0.05, 0) is 48.6 Å². The molecule has 0 aliphatic heterocycles. The van der Waals surface area contributed by atoms with Crippen molar-refractivity contribution in [2.24, 2.45) is 0 Å². The fraction of sp³-hybridized carbons (Fsp3) is 0.235. The Morgan fingerprint density at radius 2 is 2.25 bits per heavy atom. The summed E-state index contributed by atoms with van der Waals surface area (Å²) in [4.78, 5) is 17.4. The van der Waals surface area contributed by atoms with Crippen molar-refractivity contribution in [3.63, 3.8) is 0 Å². The average molecular weight is 406 g/mol. The maximum atomic E-state index is 12.0. The van der Waals surface area contributed by atoms with Crippen molar-refractivity contribution in [1.29, 1.82) is 0 Å². The second-order valence-electron chi connectivity index (χ2n) is 5.35. The van der Waals surface area contributed by atoms with Gasteiger partial charge in [0.1, 0.15) is 0 Å². The van der Waals surface area contributed by atoms with Gasteiger partial charge in [-0.15, -0.1) is 11.3 Å². The van der Waals surface area contributed by atoms with Crippen LogP contribution in [-0.2, 0) is 11.2 Å². The molecule has 0 bridgehead atoms. The summed E-state index contributed by atoms with van der Waals surface area (Å²) in [6.45, 7) is 1.96.